The number of carbonyl (C=O) groups excluding carboxylic acids is 2. The van der Waals surface area contributed by atoms with Gasteiger partial charge in [-0.2, -0.15) is 5.10 Å². The number of hydrogen-bond acceptors (Lipinski definition) is 5. The summed E-state index contributed by atoms with van der Waals surface area (Å²) in [6, 6.07) is 10.8. The van der Waals surface area contributed by atoms with Crippen LogP contribution in [0, 0.1) is 0 Å². The van der Waals surface area contributed by atoms with E-state index in [1.165, 1.54) is 0 Å². The lowest BCUT2D eigenvalue weighted by atomic mass is 9.76. The molecule has 2 aromatic carbocycles. The highest BCUT2D eigenvalue weighted by atomic mass is 16.2. The fraction of sp³-hybridized carbons (Fsp3) is 0.381. The number of benzene rings is 2. The van der Waals surface area contributed by atoms with Crippen LogP contribution in [0.4, 0.5) is 0 Å². The molecule has 1 saturated carbocycles. The Morgan fingerprint density at radius 1 is 1.11 bits per heavy atom. The lowest BCUT2D eigenvalue weighted by Crippen LogP contribution is -2.58. The summed E-state index contributed by atoms with van der Waals surface area (Å²) in [4.78, 5) is 25.7. The maximum atomic E-state index is 13.4. The van der Waals surface area contributed by atoms with Crippen molar-refractivity contribution in [1.82, 2.24) is 5.32 Å². The molecule has 27 heavy (non-hydrogen) atoms. The fourth-order valence-electron chi connectivity index (χ4n) is 3.76. The van der Waals surface area contributed by atoms with Crippen LogP contribution in [-0.2, 0) is 4.79 Å². The van der Waals surface area contributed by atoms with E-state index in [-0.39, 0.29) is 11.7 Å². The summed E-state index contributed by atoms with van der Waals surface area (Å²) in [7, 11) is 0. The first-order valence-electron chi connectivity index (χ1n) is 9.35. The number of hydrogen-bond donors (Lipinski definition) is 3. The molecular formula is C21H26N4O2. The van der Waals surface area contributed by atoms with Crippen LogP contribution < -0.4 is 16.9 Å². The van der Waals surface area contributed by atoms with E-state index in [4.69, 9.17) is 11.6 Å². The number of amides is 1. The first-order valence-corrected chi connectivity index (χ1v) is 9.35. The summed E-state index contributed by atoms with van der Waals surface area (Å²) in [5.41, 5.74) is 6.37. The monoisotopic (exact) mass is 366 g/mol. The molecule has 0 saturated heterocycles. The van der Waals surface area contributed by atoms with Crippen molar-refractivity contribution in [3.8, 4) is 0 Å². The first kappa shape index (κ1) is 19.0. The average molecular weight is 366 g/mol. The van der Waals surface area contributed by atoms with Crippen molar-refractivity contribution in [2.75, 3.05) is 0 Å². The van der Waals surface area contributed by atoms with Gasteiger partial charge in [-0.25, -0.2) is 0 Å². The second-order valence-corrected chi connectivity index (χ2v) is 7.35. The molecule has 1 fully saturated rings. The molecule has 0 radical (unpaired) electrons. The fourth-order valence-corrected chi connectivity index (χ4v) is 3.76. The van der Waals surface area contributed by atoms with Crippen LogP contribution in [0.3, 0.4) is 0 Å². The Labute approximate surface area is 159 Å². The highest BCUT2D eigenvalue weighted by Crippen LogP contribution is 2.32. The van der Waals surface area contributed by atoms with Gasteiger partial charge in [0.1, 0.15) is 5.54 Å². The van der Waals surface area contributed by atoms with Gasteiger partial charge in [-0.05, 0) is 48.2 Å². The molecule has 3 rings (SSSR count). The zero-order valence-electron chi connectivity index (χ0n) is 15.6. The molecule has 2 aromatic rings. The maximum absolute atomic E-state index is 13.4. The number of fused-ring (bicyclic) bond motifs is 1. The number of nitrogens with two attached hydrogens (primary N) is 2. The minimum absolute atomic E-state index is 0.0364. The van der Waals surface area contributed by atoms with Crippen molar-refractivity contribution in [2.45, 2.75) is 50.6 Å². The summed E-state index contributed by atoms with van der Waals surface area (Å²) in [5, 5.41) is 8.46. The summed E-state index contributed by atoms with van der Waals surface area (Å²) < 4.78 is 0. The molecule has 0 unspecified atom stereocenters. The van der Waals surface area contributed by atoms with Gasteiger partial charge >= 0.3 is 0 Å². The van der Waals surface area contributed by atoms with Gasteiger partial charge < -0.3 is 16.9 Å². The van der Waals surface area contributed by atoms with E-state index in [1.54, 1.807) is 13.1 Å². The maximum Gasteiger partial charge on any atom is 0.237 e. The summed E-state index contributed by atoms with van der Waals surface area (Å²) in [6.07, 6.45) is 5.79. The Hall–Kier alpha value is -2.73. The summed E-state index contributed by atoms with van der Waals surface area (Å²) in [6.45, 7) is 1.63. The number of carbonyl (C=O) groups is 2. The molecule has 6 nitrogen and oxygen atoms in total. The molecule has 1 amide bonds. The standard InChI is InChI=1S/C21H26N4O2/c1-14(22)20(27)25-21(9-3-2-4-10-21)19(26)18-8-7-16-11-15(13-24-23)5-6-17(16)12-18/h5-8,11-14H,2-4,9-10,22-23H2,1H3,(H,25,27)/b24-13-/t14-/m0/s1. The van der Waals surface area contributed by atoms with Gasteiger partial charge in [0.25, 0.3) is 0 Å². The van der Waals surface area contributed by atoms with Crippen LogP contribution in [0.15, 0.2) is 41.5 Å². The molecule has 1 aliphatic rings. The molecule has 6 heteroatoms. The quantitative estimate of drug-likeness (QED) is 0.327. The third kappa shape index (κ3) is 4.01. The molecule has 1 atom stereocenters. The topological polar surface area (TPSA) is 111 Å². The van der Waals surface area contributed by atoms with E-state index >= 15 is 0 Å². The van der Waals surface area contributed by atoms with Crippen LogP contribution in [0.25, 0.3) is 10.8 Å². The molecule has 142 valence electrons. The number of hydrazone groups is 1. The Morgan fingerprint density at radius 3 is 2.44 bits per heavy atom. The predicted octanol–water partition coefficient (Wildman–Crippen LogP) is 2.48. The zero-order chi connectivity index (χ0) is 19.4. The number of rotatable bonds is 5. The van der Waals surface area contributed by atoms with Crippen molar-refractivity contribution in [2.24, 2.45) is 16.7 Å². The lowest BCUT2D eigenvalue weighted by molar-refractivity contribution is -0.123. The largest absolute Gasteiger partial charge is 0.342 e. The SMILES string of the molecule is C[C@H](N)C(=O)NC1(C(=O)c2ccc3cc(/C=N\N)ccc3c2)CCCCC1. The second kappa shape index (κ2) is 7.88. The third-order valence-electron chi connectivity index (χ3n) is 5.27. The van der Waals surface area contributed by atoms with E-state index < -0.39 is 11.6 Å². The number of Topliss-reactive ketones (excluding diaryl/α,β-unsaturated/α-hetero) is 1. The Kier molecular flexibility index (Phi) is 5.56. The highest BCUT2D eigenvalue weighted by molar-refractivity contribution is 6.07. The number of nitrogens with one attached hydrogen (secondary N) is 1. The summed E-state index contributed by atoms with van der Waals surface area (Å²) >= 11 is 0. The van der Waals surface area contributed by atoms with Gasteiger partial charge in [0.15, 0.2) is 5.78 Å². The molecule has 5 N–H and O–H groups in total. The van der Waals surface area contributed by atoms with E-state index in [0.717, 1.165) is 35.6 Å². The molecule has 0 aliphatic heterocycles. The van der Waals surface area contributed by atoms with Gasteiger partial charge in [-0.1, -0.05) is 43.5 Å². The second-order valence-electron chi connectivity index (χ2n) is 7.35. The first-order chi connectivity index (χ1) is 12.9. The Morgan fingerprint density at radius 2 is 1.78 bits per heavy atom. The van der Waals surface area contributed by atoms with E-state index in [1.807, 2.05) is 36.4 Å². The molecule has 0 bridgehead atoms. The van der Waals surface area contributed by atoms with E-state index in [0.29, 0.717) is 18.4 Å². The summed E-state index contributed by atoms with van der Waals surface area (Å²) in [5.74, 6) is 4.89. The minimum atomic E-state index is -0.858. The van der Waals surface area contributed by atoms with Crippen LogP contribution >= 0.6 is 0 Å². The van der Waals surface area contributed by atoms with Gasteiger partial charge in [-0.15, -0.1) is 0 Å². The molecule has 0 aromatic heterocycles. The van der Waals surface area contributed by atoms with Gasteiger partial charge in [0, 0.05) is 5.56 Å². The van der Waals surface area contributed by atoms with Gasteiger partial charge in [0.05, 0.1) is 12.3 Å². The molecule has 0 spiro atoms. The van der Waals surface area contributed by atoms with Crippen molar-refractivity contribution in [3.63, 3.8) is 0 Å². The molecule has 0 heterocycles. The van der Waals surface area contributed by atoms with Crippen LogP contribution in [0.5, 0.6) is 0 Å². The zero-order valence-corrected chi connectivity index (χ0v) is 15.6. The normalized spacial score (nSPS) is 17.7. The Balaban J connectivity index is 1.95. The van der Waals surface area contributed by atoms with Crippen molar-refractivity contribution in [3.05, 3.63) is 47.5 Å². The molecule has 1 aliphatic carbocycles. The van der Waals surface area contributed by atoms with E-state index in [2.05, 4.69) is 10.4 Å². The van der Waals surface area contributed by atoms with Crippen LogP contribution in [0.2, 0.25) is 0 Å². The highest BCUT2D eigenvalue weighted by Gasteiger charge is 2.41. The van der Waals surface area contributed by atoms with E-state index in [9.17, 15) is 9.59 Å². The van der Waals surface area contributed by atoms with Crippen LogP contribution in [-0.4, -0.2) is 29.5 Å². The average Bonchev–Trinajstić information content (AvgIpc) is 2.68. The molecular weight excluding hydrogens is 340 g/mol. The van der Waals surface area contributed by atoms with Crippen molar-refractivity contribution < 1.29 is 9.59 Å². The minimum Gasteiger partial charge on any atom is -0.342 e. The van der Waals surface area contributed by atoms with Gasteiger partial charge in [0.2, 0.25) is 5.91 Å². The lowest BCUT2D eigenvalue weighted by Gasteiger charge is -2.37. The predicted molar refractivity (Wildman–Crippen MR) is 108 cm³/mol. The van der Waals surface area contributed by atoms with Crippen LogP contribution in [0.1, 0.15) is 54.9 Å². The van der Waals surface area contributed by atoms with Crippen molar-refractivity contribution >= 4 is 28.7 Å². The number of ketones is 1. The van der Waals surface area contributed by atoms with Crippen molar-refractivity contribution in [1.29, 1.82) is 0 Å². The third-order valence-corrected chi connectivity index (χ3v) is 5.27. The number of nitrogens with zero attached hydrogens (tertiary/aromatic N) is 1. The van der Waals surface area contributed by atoms with Gasteiger partial charge in [-0.3, -0.25) is 9.59 Å². The Bertz CT molecular complexity index is 883. The smallest absolute Gasteiger partial charge is 0.237 e.